The van der Waals surface area contributed by atoms with Gasteiger partial charge in [0.05, 0.1) is 8.80 Å². The molecule has 0 bridgehead atoms. The summed E-state index contributed by atoms with van der Waals surface area (Å²) in [5, 5.41) is 1.76. The lowest BCUT2D eigenvalue weighted by Gasteiger charge is -2.38. The van der Waals surface area contributed by atoms with Gasteiger partial charge in [-0.05, 0) is 106 Å². The van der Waals surface area contributed by atoms with Crippen LogP contribution in [0.25, 0.3) is 17.2 Å². The van der Waals surface area contributed by atoms with Crippen LogP contribution < -0.4 is 5.19 Å². The normalized spacial score (nSPS) is 17.7. The molecule has 1 atom stereocenters. The standard InChI is InChI=1S/C39H55Si/c1-14-21-40(23-33-27(6)25(4)26(5)28(33)7)37-34(38(8,9)10)22-32(35(24(2)3)36(37)39(11,12)13)31-20-16-18-29-17-15-19-30(29)31/h15-16,18-20,22,24,27H,14,17,21,23H2,1-13H3. The molecule has 0 aromatic heterocycles. The van der Waals surface area contributed by atoms with Crippen LogP contribution in [0.15, 0.2) is 52.6 Å². The number of fused-ring (bicyclic) bond motifs is 1. The van der Waals surface area contributed by atoms with E-state index in [-0.39, 0.29) is 10.8 Å². The van der Waals surface area contributed by atoms with Crippen LogP contribution in [-0.2, 0) is 17.3 Å². The highest BCUT2D eigenvalue weighted by molar-refractivity contribution is 6.75. The summed E-state index contributed by atoms with van der Waals surface area (Å²) in [6, 6.07) is 12.3. The number of hydrogen-bond donors (Lipinski definition) is 0. The molecule has 2 aliphatic carbocycles. The van der Waals surface area contributed by atoms with Crippen molar-refractivity contribution in [3.8, 4) is 11.1 Å². The maximum absolute atomic E-state index is 2.66. The second-order valence-corrected chi connectivity index (χ2v) is 17.5. The van der Waals surface area contributed by atoms with Crippen LogP contribution in [0.1, 0.15) is 130 Å². The molecule has 2 aliphatic rings. The summed E-state index contributed by atoms with van der Waals surface area (Å²) in [5.41, 5.74) is 17.2. The van der Waals surface area contributed by atoms with Crippen molar-refractivity contribution in [3.63, 3.8) is 0 Å². The molecule has 0 heterocycles. The minimum atomic E-state index is -0.854. The van der Waals surface area contributed by atoms with Crippen molar-refractivity contribution in [1.29, 1.82) is 0 Å². The van der Waals surface area contributed by atoms with E-state index in [2.05, 4.69) is 126 Å². The van der Waals surface area contributed by atoms with Gasteiger partial charge in [-0.15, -0.1) is 0 Å². The maximum atomic E-state index is 2.66. The van der Waals surface area contributed by atoms with Gasteiger partial charge < -0.3 is 0 Å². The van der Waals surface area contributed by atoms with Crippen molar-refractivity contribution in [2.24, 2.45) is 5.92 Å². The van der Waals surface area contributed by atoms with E-state index >= 15 is 0 Å². The predicted molar refractivity (Wildman–Crippen MR) is 182 cm³/mol. The lowest BCUT2D eigenvalue weighted by atomic mass is 9.73. The summed E-state index contributed by atoms with van der Waals surface area (Å²) in [7, 11) is -0.854. The topological polar surface area (TPSA) is 0 Å². The zero-order valence-corrected chi connectivity index (χ0v) is 28.9. The van der Waals surface area contributed by atoms with E-state index in [9.17, 15) is 0 Å². The van der Waals surface area contributed by atoms with E-state index < -0.39 is 8.80 Å². The molecular weight excluding hydrogens is 497 g/mol. The van der Waals surface area contributed by atoms with Gasteiger partial charge in [0.15, 0.2) is 0 Å². The minimum absolute atomic E-state index is 0.0667. The quantitative estimate of drug-likeness (QED) is 0.300. The van der Waals surface area contributed by atoms with Crippen molar-refractivity contribution >= 4 is 20.1 Å². The van der Waals surface area contributed by atoms with Crippen LogP contribution in [0.5, 0.6) is 0 Å². The van der Waals surface area contributed by atoms with Gasteiger partial charge in [0.1, 0.15) is 0 Å². The molecular formula is C39H55Si. The predicted octanol–water partition coefficient (Wildman–Crippen LogP) is 11.1. The molecule has 4 rings (SSSR count). The van der Waals surface area contributed by atoms with Gasteiger partial charge in [-0.2, -0.15) is 0 Å². The van der Waals surface area contributed by atoms with Gasteiger partial charge in [0.25, 0.3) is 0 Å². The molecule has 0 fully saturated rings. The van der Waals surface area contributed by atoms with E-state index in [1.807, 2.05) is 0 Å². The first-order chi connectivity index (χ1) is 18.6. The highest BCUT2D eigenvalue weighted by atomic mass is 28.3. The van der Waals surface area contributed by atoms with E-state index in [4.69, 9.17) is 0 Å². The first kappa shape index (κ1) is 30.8. The highest BCUT2D eigenvalue weighted by Gasteiger charge is 2.37. The smallest absolute Gasteiger partial charge is 0.0795 e. The van der Waals surface area contributed by atoms with E-state index in [0.717, 1.165) is 6.42 Å². The van der Waals surface area contributed by atoms with Crippen LogP contribution in [0.4, 0.5) is 0 Å². The van der Waals surface area contributed by atoms with Crippen LogP contribution in [0.3, 0.4) is 0 Å². The fraction of sp³-hybridized carbons (Fsp3) is 0.538. The Kier molecular flexibility index (Phi) is 8.69. The number of rotatable bonds is 7. The molecule has 1 heteroatoms. The van der Waals surface area contributed by atoms with Crippen LogP contribution in [0.2, 0.25) is 12.1 Å². The Morgan fingerprint density at radius 2 is 1.60 bits per heavy atom. The zero-order chi connectivity index (χ0) is 29.7. The van der Waals surface area contributed by atoms with Crippen molar-refractivity contribution in [2.75, 3.05) is 0 Å². The summed E-state index contributed by atoms with van der Waals surface area (Å²) in [4.78, 5) is 0. The van der Waals surface area contributed by atoms with Crippen molar-refractivity contribution in [2.45, 2.75) is 132 Å². The lowest BCUT2D eigenvalue weighted by Crippen LogP contribution is -2.44. The number of hydrogen-bond acceptors (Lipinski definition) is 0. The molecule has 2 aromatic rings. The number of allylic oxidation sites excluding steroid dienone is 5. The summed E-state index contributed by atoms with van der Waals surface area (Å²) >= 11 is 0. The molecule has 0 saturated carbocycles. The van der Waals surface area contributed by atoms with E-state index in [1.54, 1.807) is 38.6 Å². The second-order valence-electron chi connectivity index (χ2n) is 15.0. The summed E-state index contributed by atoms with van der Waals surface area (Å²) in [6.45, 7) is 31.6. The monoisotopic (exact) mass is 551 g/mol. The molecule has 1 radical (unpaired) electrons. The third-order valence-electron chi connectivity index (χ3n) is 9.73. The second kappa shape index (κ2) is 11.3. The van der Waals surface area contributed by atoms with E-state index in [1.165, 1.54) is 46.3 Å². The Hall–Kier alpha value is -2.12. The molecule has 0 nitrogen and oxygen atoms in total. The van der Waals surface area contributed by atoms with Crippen LogP contribution in [0, 0.1) is 5.92 Å². The van der Waals surface area contributed by atoms with Gasteiger partial charge in [0, 0.05) is 0 Å². The fourth-order valence-corrected chi connectivity index (χ4v) is 11.3. The molecule has 0 aliphatic heterocycles. The Morgan fingerprint density at radius 1 is 0.925 bits per heavy atom. The van der Waals surface area contributed by atoms with Gasteiger partial charge >= 0.3 is 0 Å². The Labute approximate surface area is 248 Å². The summed E-state index contributed by atoms with van der Waals surface area (Å²) in [5.74, 6) is 1.04. The summed E-state index contributed by atoms with van der Waals surface area (Å²) in [6.07, 6.45) is 7.02. The third kappa shape index (κ3) is 5.52. The van der Waals surface area contributed by atoms with Crippen molar-refractivity contribution in [3.05, 3.63) is 80.5 Å². The molecule has 0 N–H and O–H groups in total. The van der Waals surface area contributed by atoms with Crippen LogP contribution >= 0.6 is 0 Å². The average Bonchev–Trinajstić information content (AvgIpc) is 3.42. The largest absolute Gasteiger partial charge is 0.0906 e. The third-order valence-corrected chi connectivity index (χ3v) is 12.9. The van der Waals surface area contributed by atoms with Gasteiger partial charge in [-0.1, -0.05) is 134 Å². The molecule has 215 valence electrons. The van der Waals surface area contributed by atoms with Crippen molar-refractivity contribution < 1.29 is 0 Å². The first-order valence-electron chi connectivity index (χ1n) is 15.8. The minimum Gasteiger partial charge on any atom is -0.0795 e. The van der Waals surface area contributed by atoms with Crippen molar-refractivity contribution in [1.82, 2.24) is 0 Å². The molecule has 0 saturated heterocycles. The Morgan fingerprint density at radius 3 is 2.12 bits per heavy atom. The molecule has 40 heavy (non-hydrogen) atoms. The van der Waals surface area contributed by atoms with Gasteiger partial charge in [-0.25, -0.2) is 0 Å². The molecule has 1 unspecified atom stereocenters. The zero-order valence-electron chi connectivity index (χ0n) is 27.9. The Bertz CT molecular complexity index is 1380. The van der Waals surface area contributed by atoms with E-state index in [0.29, 0.717) is 11.8 Å². The van der Waals surface area contributed by atoms with Gasteiger partial charge in [0.2, 0.25) is 0 Å². The average molecular weight is 552 g/mol. The lowest BCUT2D eigenvalue weighted by molar-refractivity contribution is 0.566. The highest BCUT2D eigenvalue weighted by Crippen LogP contribution is 2.45. The first-order valence-corrected chi connectivity index (χ1v) is 17.7. The van der Waals surface area contributed by atoms with Crippen LogP contribution in [-0.4, -0.2) is 8.80 Å². The number of benzene rings is 2. The molecule has 0 spiro atoms. The maximum Gasteiger partial charge on any atom is 0.0906 e. The fourth-order valence-electron chi connectivity index (χ4n) is 7.35. The molecule has 2 aromatic carbocycles. The Balaban J connectivity index is 2.09. The molecule has 0 amide bonds. The summed E-state index contributed by atoms with van der Waals surface area (Å²) < 4.78 is 0. The van der Waals surface area contributed by atoms with Gasteiger partial charge in [-0.3, -0.25) is 0 Å². The SMILES string of the molecule is CCC[Si](CC1=C(C)C(C)=C(C)C1C)c1c(C(C)(C)C)cc(-c2cccc3c2C=CC3)c(C(C)C)c1C(C)(C)C.